The third-order valence-corrected chi connectivity index (χ3v) is 3.56. The van der Waals surface area contributed by atoms with Crippen molar-refractivity contribution in [3.8, 4) is 0 Å². The van der Waals surface area contributed by atoms with E-state index in [1.54, 1.807) is 6.20 Å². The molecule has 1 aliphatic heterocycles. The van der Waals surface area contributed by atoms with Gasteiger partial charge in [-0.1, -0.05) is 0 Å². The maximum absolute atomic E-state index is 12.4. The van der Waals surface area contributed by atoms with E-state index in [0.29, 0.717) is 25.9 Å². The first kappa shape index (κ1) is 15.9. The number of halogens is 3. The van der Waals surface area contributed by atoms with Crippen molar-refractivity contribution in [1.29, 1.82) is 0 Å². The zero-order valence-electron chi connectivity index (χ0n) is 12.3. The summed E-state index contributed by atoms with van der Waals surface area (Å²) in [5.41, 5.74) is 0.928. The summed E-state index contributed by atoms with van der Waals surface area (Å²) >= 11 is 0. The van der Waals surface area contributed by atoms with Crippen molar-refractivity contribution in [2.45, 2.75) is 25.1 Å². The second-order valence-corrected chi connectivity index (χ2v) is 5.58. The van der Waals surface area contributed by atoms with E-state index in [1.807, 2.05) is 31.1 Å². The SMILES string of the molecule is CN(C)c1ncccc1NC1CCN(CC(F)(F)F)CC1. The number of alkyl halides is 3. The summed E-state index contributed by atoms with van der Waals surface area (Å²) in [6.07, 6.45) is -0.968. The molecule has 1 aromatic rings. The molecule has 21 heavy (non-hydrogen) atoms. The minimum atomic E-state index is -4.11. The number of nitrogens with one attached hydrogen (secondary N) is 1. The van der Waals surface area contributed by atoms with Gasteiger partial charge in [-0.05, 0) is 25.0 Å². The third-order valence-electron chi connectivity index (χ3n) is 3.56. The molecule has 1 aliphatic rings. The zero-order valence-corrected chi connectivity index (χ0v) is 12.3. The van der Waals surface area contributed by atoms with E-state index in [-0.39, 0.29) is 6.04 Å². The van der Waals surface area contributed by atoms with Crippen LogP contribution in [0.3, 0.4) is 0 Å². The summed E-state index contributed by atoms with van der Waals surface area (Å²) in [7, 11) is 3.83. The smallest absolute Gasteiger partial charge is 0.379 e. The topological polar surface area (TPSA) is 31.4 Å². The van der Waals surface area contributed by atoms with Gasteiger partial charge in [-0.15, -0.1) is 0 Å². The fourth-order valence-corrected chi connectivity index (χ4v) is 2.57. The van der Waals surface area contributed by atoms with Crippen molar-refractivity contribution in [2.24, 2.45) is 0 Å². The van der Waals surface area contributed by atoms with Crippen molar-refractivity contribution in [3.63, 3.8) is 0 Å². The van der Waals surface area contributed by atoms with E-state index in [2.05, 4.69) is 10.3 Å². The molecule has 0 bridgehead atoms. The van der Waals surface area contributed by atoms with E-state index in [4.69, 9.17) is 0 Å². The summed E-state index contributed by atoms with van der Waals surface area (Å²) in [6, 6.07) is 4.00. The van der Waals surface area contributed by atoms with Crippen LogP contribution in [-0.2, 0) is 0 Å². The van der Waals surface area contributed by atoms with Crippen LogP contribution in [0, 0.1) is 0 Å². The average molecular weight is 302 g/mol. The summed E-state index contributed by atoms with van der Waals surface area (Å²) in [5.74, 6) is 0.843. The molecule has 0 unspecified atom stereocenters. The van der Waals surface area contributed by atoms with E-state index in [9.17, 15) is 13.2 Å². The van der Waals surface area contributed by atoms with Gasteiger partial charge in [-0.25, -0.2) is 4.98 Å². The molecule has 2 rings (SSSR count). The van der Waals surface area contributed by atoms with Gasteiger partial charge in [0, 0.05) is 39.4 Å². The molecule has 2 heterocycles. The first-order chi connectivity index (χ1) is 9.85. The van der Waals surface area contributed by atoms with Crippen LogP contribution in [0.2, 0.25) is 0 Å². The Morgan fingerprint density at radius 2 is 2.00 bits per heavy atom. The van der Waals surface area contributed by atoms with Crippen molar-refractivity contribution in [3.05, 3.63) is 18.3 Å². The van der Waals surface area contributed by atoms with Crippen LogP contribution < -0.4 is 10.2 Å². The molecule has 1 fully saturated rings. The third kappa shape index (κ3) is 4.77. The van der Waals surface area contributed by atoms with Crippen molar-refractivity contribution >= 4 is 11.5 Å². The molecular formula is C14H21F3N4. The molecular weight excluding hydrogens is 281 g/mol. The standard InChI is InChI=1S/C14H21F3N4/c1-20(2)13-12(4-3-7-18-13)19-11-5-8-21(9-6-11)10-14(15,16)17/h3-4,7,11,19H,5-6,8-10H2,1-2H3. The highest BCUT2D eigenvalue weighted by Gasteiger charge is 2.32. The van der Waals surface area contributed by atoms with Gasteiger partial charge >= 0.3 is 6.18 Å². The van der Waals surface area contributed by atoms with Gasteiger partial charge in [0.1, 0.15) is 0 Å². The van der Waals surface area contributed by atoms with Crippen LogP contribution in [0.4, 0.5) is 24.7 Å². The highest BCUT2D eigenvalue weighted by atomic mass is 19.4. The highest BCUT2D eigenvalue weighted by molar-refractivity contribution is 5.65. The molecule has 118 valence electrons. The Bertz CT molecular complexity index is 454. The number of rotatable bonds is 4. The lowest BCUT2D eigenvalue weighted by atomic mass is 10.0. The summed E-state index contributed by atoms with van der Waals surface area (Å²) in [5, 5.41) is 3.40. The second kappa shape index (κ2) is 6.51. The molecule has 0 spiro atoms. The number of aromatic nitrogens is 1. The molecule has 0 atom stereocenters. The predicted octanol–water partition coefficient (Wildman–Crippen LogP) is 2.59. The van der Waals surface area contributed by atoms with Crippen molar-refractivity contribution in [2.75, 3.05) is 43.9 Å². The Morgan fingerprint density at radius 3 is 2.57 bits per heavy atom. The van der Waals surface area contributed by atoms with E-state index >= 15 is 0 Å². The lowest BCUT2D eigenvalue weighted by molar-refractivity contribution is -0.147. The Morgan fingerprint density at radius 1 is 1.33 bits per heavy atom. The van der Waals surface area contributed by atoms with Crippen LogP contribution in [0.5, 0.6) is 0 Å². The van der Waals surface area contributed by atoms with Crippen molar-refractivity contribution < 1.29 is 13.2 Å². The fourth-order valence-electron chi connectivity index (χ4n) is 2.57. The Balaban J connectivity index is 1.89. The Kier molecular flexibility index (Phi) is 4.92. The Labute approximate surface area is 122 Å². The zero-order chi connectivity index (χ0) is 15.5. The molecule has 0 aliphatic carbocycles. The number of piperidine rings is 1. The van der Waals surface area contributed by atoms with Crippen LogP contribution in [0.1, 0.15) is 12.8 Å². The molecule has 0 amide bonds. The van der Waals surface area contributed by atoms with Gasteiger partial charge in [0.2, 0.25) is 0 Å². The number of hydrogen-bond donors (Lipinski definition) is 1. The molecule has 4 nitrogen and oxygen atoms in total. The lowest BCUT2D eigenvalue weighted by Crippen LogP contribution is -2.43. The number of nitrogens with zero attached hydrogens (tertiary/aromatic N) is 3. The largest absolute Gasteiger partial charge is 0.401 e. The number of hydrogen-bond acceptors (Lipinski definition) is 4. The van der Waals surface area contributed by atoms with Gasteiger partial charge in [0.05, 0.1) is 12.2 Å². The van der Waals surface area contributed by atoms with Gasteiger partial charge in [0.15, 0.2) is 5.82 Å². The van der Waals surface area contributed by atoms with E-state index in [0.717, 1.165) is 11.5 Å². The lowest BCUT2D eigenvalue weighted by Gasteiger charge is -2.33. The maximum Gasteiger partial charge on any atom is 0.401 e. The van der Waals surface area contributed by atoms with Crippen LogP contribution in [0.15, 0.2) is 18.3 Å². The van der Waals surface area contributed by atoms with E-state index in [1.165, 1.54) is 4.90 Å². The van der Waals surface area contributed by atoms with Gasteiger partial charge < -0.3 is 10.2 Å². The first-order valence-electron chi connectivity index (χ1n) is 7.03. The molecule has 1 N–H and O–H groups in total. The normalized spacial score (nSPS) is 17.8. The molecule has 1 saturated heterocycles. The molecule has 0 radical (unpaired) electrons. The number of anilines is 2. The molecule has 1 aromatic heterocycles. The quantitative estimate of drug-likeness (QED) is 0.926. The molecule has 0 saturated carbocycles. The fraction of sp³-hybridized carbons (Fsp3) is 0.643. The summed E-state index contributed by atoms with van der Waals surface area (Å²) in [6.45, 7) is 0.124. The molecule has 7 heteroatoms. The first-order valence-corrected chi connectivity index (χ1v) is 7.03. The van der Waals surface area contributed by atoms with Gasteiger partial charge in [-0.3, -0.25) is 4.90 Å². The van der Waals surface area contributed by atoms with Gasteiger partial charge in [0.25, 0.3) is 0 Å². The predicted molar refractivity (Wildman–Crippen MR) is 77.7 cm³/mol. The number of pyridine rings is 1. The van der Waals surface area contributed by atoms with Crippen molar-refractivity contribution in [1.82, 2.24) is 9.88 Å². The highest BCUT2D eigenvalue weighted by Crippen LogP contribution is 2.25. The van der Waals surface area contributed by atoms with Crippen LogP contribution in [0.25, 0.3) is 0 Å². The minimum absolute atomic E-state index is 0.192. The monoisotopic (exact) mass is 302 g/mol. The summed E-state index contributed by atoms with van der Waals surface area (Å²) in [4.78, 5) is 7.70. The van der Waals surface area contributed by atoms with Gasteiger partial charge in [-0.2, -0.15) is 13.2 Å². The second-order valence-electron chi connectivity index (χ2n) is 5.58. The molecule has 0 aromatic carbocycles. The maximum atomic E-state index is 12.4. The number of likely N-dealkylation sites (tertiary alicyclic amines) is 1. The minimum Gasteiger partial charge on any atom is -0.379 e. The Hall–Kier alpha value is -1.50. The van der Waals surface area contributed by atoms with Crippen LogP contribution in [-0.4, -0.2) is 55.8 Å². The summed E-state index contributed by atoms with van der Waals surface area (Å²) < 4.78 is 37.1. The average Bonchev–Trinajstić information content (AvgIpc) is 2.40. The van der Waals surface area contributed by atoms with E-state index < -0.39 is 12.7 Å². The van der Waals surface area contributed by atoms with Crippen LogP contribution >= 0.6 is 0 Å².